The van der Waals surface area contributed by atoms with Gasteiger partial charge in [-0.3, -0.25) is 23.6 Å². The molecule has 1 atom stereocenters. The summed E-state index contributed by atoms with van der Waals surface area (Å²) in [5.41, 5.74) is 8.21. The minimum Gasteiger partial charge on any atom is -0.496 e. The largest absolute Gasteiger partial charge is 0.496 e. The number of halogens is 1. The average molecular weight is 1400 g/mol. The second-order valence-corrected chi connectivity index (χ2v) is 29.8. The number of para-hydroxylation sites is 4. The standard InChI is InChI=1S/C27H29FN2O5.C26H29N3O3.C26H28N2O5S.2H2/c1-34-23-15-19(5-4-18(23)6-8-21(32)17-31)26(33)29-13-10-27(11-14-29)25-3-2-12-30(25)22-9-7-20(28)16-24(22)35-27;1-17(2)31-24-18(3)8-7-10-20(24)25(30)29-14-12-26(13-15-29)21-16-27-28(4)23(21)19-9-5-6-11-22(19)32-26;1-25(2,30)19-10-8-18(9-11-19)24(29)27-16-14-26(15-17-27)22-12-13-23(34(3,31)32)28(22)20-6-4-5-7-21(20)33-26;;/h2-5,7,9,12,15-16,21,31-32H,6,8,10-11,13-14,17H2,1H3;5-11,16-17H,12-15H2,1-4H3;4-13,30H,14-17H2,1-3H3;2*1H/t21-;;;;/m1..../s1. The van der Waals surface area contributed by atoms with Crippen molar-refractivity contribution in [1.29, 1.82) is 0 Å². The van der Waals surface area contributed by atoms with Crippen LogP contribution in [0.4, 0.5) is 4.39 Å². The third-order valence-electron chi connectivity index (χ3n) is 20.4. The molecule has 6 aliphatic heterocycles. The normalized spacial score (nSPS) is 16.8. The van der Waals surface area contributed by atoms with Crippen LogP contribution in [0.25, 0.3) is 22.6 Å². The number of carbonyl (C=O) groups excluding carboxylic acids is 3. The van der Waals surface area contributed by atoms with Gasteiger partial charge in [0.1, 0.15) is 45.2 Å². The number of aromatic nitrogens is 4. The fourth-order valence-electron chi connectivity index (χ4n) is 15.0. The molecule has 20 nitrogen and oxygen atoms in total. The molecule has 22 heteroatoms. The summed E-state index contributed by atoms with van der Waals surface area (Å²) in [4.78, 5) is 45.5. The Kier molecular flexibility index (Phi) is 19.1. The highest BCUT2D eigenvalue weighted by Crippen LogP contribution is 2.51. The first-order valence-electron chi connectivity index (χ1n) is 34.4. The van der Waals surface area contributed by atoms with Crippen molar-refractivity contribution in [2.24, 2.45) is 7.05 Å². The molecule has 3 amide bonds. The van der Waals surface area contributed by atoms with Gasteiger partial charge in [-0.1, -0.05) is 54.6 Å². The number of aliphatic hydroxyl groups is 3. The SMILES string of the molecule is CC(C)(O)c1ccc(C(=O)N2CCC3(CC2)Oc2ccccc2-n2c3ccc2S(C)(=O)=O)cc1.COc1cc(C(=O)N2CCC3(CC2)Oc2cc(F)ccc2-n2cccc23)ccc1CC[C@@H](O)CO.Cc1cccc(C(=O)N2CCC3(CC2)Oc2ccccc2-c2c3cnn2C)c1OC(C)C.[HH].[HH]. The molecule has 0 saturated carbocycles. The summed E-state index contributed by atoms with van der Waals surface area (Å²) in [5, 5.41) is 33.6. The Labute approximate surface area is 590 Å². The Morgan fingerprint density at radius 3 is 1.94 bits per heavy atom. The number of sulfone groups is 1. The lowest BCUT2D eigenvalue weighted by atomic mass is 9.81. The summed E-state index contributed by atoms with van der Waals surface area (Å²) in [7, 11) is 0.0772. The molecule has 9 aromatic rings. The van der Waals surface area contributed by atoms with Crippen molar-refractivity contribution in [3.05, 3.63) is 220 Å². The van der Waals surface area contributed by atoms with E-state index in [1.807, 2.05) is 144 Å². The van der Waals surface area contributed by atoms with Crippen molar-refractivity contribution in [2.75, 3.05) is 59.2 Å². The molecular formula is C79H90FN7O13S. The zero-order valence-corrected chi connectivity index (χ0v) is 59.0. The molecule has 101 heavy (non-hydrogen) atoms. The maximum absolute atomic E-state index is 13.9. The second-order valence-electron chi connectivity index (χ2n) is 27.9. The van der Waals surface area contributed by atoms with Crippen molar-refractivity contribution in [3.63, 3.8) is 0 Å². The molecule has 3 fully saturated rings. The highest BCUT2D eigenvalue weighted by atomic mass is 32.2. The van der Waals surface area contributed by atoms with Gasteiger partial charge in [-0.05, 0) is 155 Å². The quantitative estimate of drug-likeness (QED) is 0.103. The highest BCUT2D eigenvalue weighted by molar-refractivity contribution is 7.90. The molecule has 6 aromatic carbocycles. The molecule has 6 aliphatic rings. The van der Waals surface area contributed by atoms with E-state index in [2.05, 4.69) is 11.2 Å². The Balaban J connectivity index is 0.000000154. The minimum atomic E-state index is -3.45. The van der Waals surface area contributed by atoms with E-state index in [0.29, 0.717) is 123 Å². The van der Waals surface area contributed by atoms with Gasteiger partial charge >= 0.3 is 0 Å². The molecule has 3 spiro atoms. The van der Waals surface area contributed by atoms with Crippen LogP contribution in [0.2, 0.25) is 0 Å². The fraction of sp³-hybridized carbons (Fsp3) is 0.367. The van der Waals surface area contributed by atoms with Crippen LogP contribution in [0.15, 0.2) is 169 Å². The maximum Gasteiger partial charge on any atom is 0.257 e. The van der Waals surface area contributed by atoms with Crippen molar-refractivity contribution in [1.82, 2.24) is 33.6 Å². The summed E-state index contributed by atoms with van der Waals surface area (Å²) in [6.45, 7) is 12.3. The molecule has 9 heterocycles. The molecule has 15 rings (SSSR count). The monoisotopic (exact) mass is 1400 g/mol. The lowest BCUT2D eigenvalue weighted by molar-refractivity contribution is -0.0103. The number of methoxy groups -OCH3 is 1. The molecule has 3 saturated heterocycles. The van der Waals surface area contributed by atoms with Crippen molar-refractivity contribution >= 4 is 27.6 Å². The number of ether oxygens (including phenoxy) is 5. The highest BCUT2D eigenvalue weighted by Gasteiger charge is 2.49. The number of amides is 3. The Bertz CT molecular complexity index is 4710. The molecule has 532 valence electrons. The Morgan fingerprint density at radius 1 is 0.683 bits per heavy atom. The summed E-state index contributed by atoms with van der Waals surface area (Å²) in [6.07, 6.45) is 8.97. The average Bonchev–Trinajstić information content (AvgIpc) is 1.65. The van der Waals surface area contributed by atoms with E-state index in [1.165, 1.54) is 18.4 Å². The molecular weight excluding hydrogens is 1310 g/mol. The summed E-state index contributed by atoms with van der Waals surface area (Å²) < 4.78 is 75.7. The van der Waals surface area contributed by atoms with Crippen LogP contribution in [-0.4, -0.2) is 147 Å². The fourth-order valence-corrected chi connectivity index (χ4v) is 15.8. The van der Waals surface area contributed by atoms with Crippen LogP contribution in [0.1, 0.15) is 140 Å². The number of rotatable bonds is 12. The molecule has 3 aromatic heterocycles. The van der Waals surface area contributed by atoms with Gasteiger partial charge in [0.25, 0.3) is 17.7 Å². The summed E-state index contributed by atoms with van der Waals surface area (Å²) in [6, 6.07) is 45.8. The lowest BCUT2D eigenvalue weighted by Crippen LogP contribution is -2.50. The van der Waals surface area contributed by atoms with Crippen LogP contribution in [0, 0.1) is 12.7 Å². The van der Waals surface area contributed by atoms with E-state index in [-0.39, 0.29) is 44.1 Å². The third kappa shape index (κ3) is 13.5. The predicted molar refractivity (Wildman–Crippen MR) is 383 cm³/mol. The van der Waals surface area contributed by atoms with E-state index in [1.54, 1.807) is 79.0 Å². The maximum atomic E-state index is 13.9. The van der Waals surface area contributed by atoms with E-state index in [0.717, 1.165) is 69.2 Å². The number of carbonyl (C=O) groups is 3. The van der Waals surface area contributed by atoms with Gasteiger partial charge in [0.15, 0.2) is 21.0 Å². The number of hydrogen-bond donors (Lipinski definition) is 3. The van der Waals surface area contributed by atoms with Crippen LogP contribution < -0.4 is 23.7 Å². The Morgan fingerprint density at radius 2 is 1.29 bits per heavy atom. The zero-order valence-electron chi connectivity index (χ0n) is 58.2. The van der Waals surface area contributed by atoms with Gasteiger partial charge in [0.05, 0.1) is 71.7 Å². The number of hydrogen-bond acceptors (Lipinski definition) is 14. The molecule has 0 radical (unpaired) electrons. The van der Waals surface area contributed by atoms with Gasteiger partial charge in [0.2, 0.25) is 0 Å². The first-order valence-corrected chi connectivity index (χ1v) is 36.3. The Hall–Kier alpha value is -9.74. The van der Waals surface area contributed by atoms with Crippen LogP contribution in [0.3, 0.4) is 0 Å². The van der Waals surface area contributed by atoms with Crippen molar-refractivity contribution < 1.29 is 69.0 Å². The molecule has 3 N–H and O–H groups in total. The minimum absolute atomic E-state index is 0. The first-order chi connectivity index (χ1) is 48.3. The number of piperidine rings is 3. The summed E-state index contributed by atoms with van der Waals surface area (Å²) in [5.74, 6) is 2.82. The van der Waals surface area contributed by atoms with E-state index in [4.69, 9.17) is 28.8 Å². The van der Waals surface area contributed by atoms with Crippen LogP contribution in [0.5, 0.6) is 28.7 Å². The lowest BCUT2D eigenvalue weighted by Gasteiger charge is -2.45. The number of fused-ring (bicyclic) bond motifs is 12. The number of benzene rings is 6. The number of aryl methyl sites for hydroxylation is 3. The molecule has 0 bridgehead atoms. The van der Waals surface area contributed by atoms with Gasteiger partial charge < -0.3 is 58.3 Å². The van der Waals surface area contributed by atoms with Crippen LogP contribution in [-0.2, 0) is 45.7 Å². The predicted octanol–water partition coefficient (Wildman–Crippen LogP) is 12.3. The van der Waals surface area contributed by atoms with Crippen LogP contribution >= 0.6 is 0 Å². The summed E-state index contributed by atoms with van der Waals surface area (Å²) >= 11 is 0. The van der Waals surface area contributed by atoms with Gasteiger partial charge in [-0.15, -0.1) is 0 Å². The van der Waals surface area contributed by atoms with Gasteiger partial charge in [-0.2, -0.15) is 5.10 Å². The van der Waals surface area contributed by atoms with Gasteiger partial charge in [-0.25, -0.2) is 12.8 Å². The molecule has 0 unspecified atom stereocenters. The number of likely N-dealkylation sites (tertiary alicyclic amines) is 3. The number of aliphatic hydroxyl groups excluding tert-OH is 2. The molecule has 0 aliphatic carbocycles. The first kappa shape index (κ1) is 69.7. The smallest absolute Gasteiger partial charge is 0.257 e. The van der Waals surface area contributed by atoms with Crippen molar-refractivity contribution in [3.8, 4) is 51.4 Å². The van der Waals surface area contributed by atoms with E-state index in [9.17, 15) is 37.4 Å². The van der Waals surface area contributed by atoms with E-state index < -0.39 is 38.3 Å². The van der Waals surface area contributed by atoms with Gasteiger partial charge in [0, 0.05) is 128 Å². The second kappa shape index (κ2) is 27.7. The van der Waals surface area contributed by atoms with E-state index >= 15 is 0 Å². The van der Waals surface area contributed by atoms with Crippen molar-refractivity contribution in [2.45, 2.75) is 126 Å². The topological polar surface area (TPSA) is 230 Å². The number of nitrogens with zero attached hydrogens (tertiary/aromatic N) is 7. The third-order valence-corrected chi connectivity index (χ3v) is 21.5. The zero-order chi connectivity index (χ0) is 71.3.